The maximum atomic E-state index is 12.0. The molecule has 0 spiro atoms. The zero-order chi connectivity index (χ0) is 13.7. The molecule has 19 heavy (non-hydrogen) atoms. The van der Waals surface area contributed by atoms with Crippen molar-refractivity contribution in [3.8, 4) is 5.75 Å². The summed E-state index contributed by atoms with van der Waals surface area (Å²) < 4.78 is 5.93. The molecule has 1 aliphatic heterocycles. The second-order valence-corrected chi connectivity index (χ2v) is 5.54. The third kappa shape index (κ3) is 3.94. The molecule has 1 aromatic rings. The van der Waals surface area contributed by atoms with E-state index in [0.717, 1.165) is 23.2 Å². The quantitative estimate of drug-likeness (QED) is 0.873. The summed E-state index contributed by atoms with van der Waals surface area (Å²) in [5, 5.41) is 6.37. The van der Waals surface area contributed by atoms with Crippen LogP contribution in [0.3, 0.4) is 0 Å². The first-order valence-electron chi connectivity index (χ1n) is 6.56. The van der Waals surface area contributed by atoms with Crippen LogP contribution in [-0.4, -0.2) is 32.1 Å². The lowest BCUT2D eigenvalue weighted by Crippen LogP contribution is -2.30. The van der Waals surface area contributed by atoms with Crippen LogP contribution in [0, 0.1) is 0 Å². The Hall–Kier alpha value is -1.07. The summed E-state index contributed by atoms with van der Waals surface area (Å²) in [6.45, 7) is 1.81. The Kier molecular flexibility index (Phi) is 5.22. The van der Waals surface area contributed by atoms with Crippen molar-refractivity contribution >= 4 is 21.8 Å². The number of amides is 1. The Labute approximate surface area is 122 Å². The normalized spacial score (nSPS) is 18.3. The molecule has 0 aromatic heterocycles. The summed E-state index contributed by atoms with van der Waals surface area (Å²) in [5.41, 5.74) is 0.645. The number of carbonyl (C=O) groups excluding carboxylic acids is 1. The second-order valence-electron chi connectivity index (χ2n) is 4.69. The third-order valence-electron chi connectivity index (χ3n) is 3.35. The van der Waals surface area contributed by atoms with Gasteiger partial charge in [0.2, 0.25) is 0 Å². The van der Waals surface area contributed by atoms with E-state index in [1.807, 2.05) is 0 Å². The molecule has 1 fully saturated rings. The van der Waals surface area contributed by atoms with E-state index >= 15 is 0 Å². The van der Waals surface area contributed by atoms with Crippen LogP contribution in [0.1, 0.15) is 29.6 Å². The van der Waals surface area contributed by atoms with Crippen molar-refractivity contribution in [3.05, 3.63) is 28.2 Å². The molecule has 1 aliphatic rings. The first kappa shape index (κ1) is 14.3. The van der Waals surface area contributed by atoms with E-state index < -0.39 is 0 Å². The zero-order valence-corrected chi connectivity index (χ0v) is 12.6. The Balaban J connectivity index is 1.83. The topological polar surface area (TPSA) is 50.4 Å². The number of nitrogens with one attached hydrogen (secondary N) is 2. The van der Waals surface area contributed by atoms with Crippen molar-refractivity contribution in [2.75, 3.05) is 20.2 Å². The molecular weight excluding hydrogens is 308 g/mol. The van der Waals surface area contributed by atoms with Gasteiger partial charge in [-0.15, -0.1) is 0 Å². The molecule has 5 heteroatoms. The summed E-state index contributed by atoms with van der Waals surface area (Å²) in [5.74, 6) is 0.688. The van der Waals surface area contributed by atoms with E-state index in [-0.39, 0.29) is 5.91 Å². The highest BCUT2D eigenvalue weighted by atomic mass is 79.9. The van der Waals surface area contributed by atoms with Gasteiger partial charge in [0.05, 0.1) is 11.6 Å². The van der Waals surface area contributed by atoms with Crippen molar-refractivity contribution in [2.24, 2.45) is 0 Å². The molecule has 2 N–H and O–H groups in total. The van der Waals surface area contributed by atoms with E-state index in [9.17, 15) is 4.79 Å². The van der Waals surface area contributed by atoms with Crippen molar-refractivity contribution < 1.29 is 9.53 Å². The molecule has 0 unspecified atom stereocenters. The number of hydrogen-bond acceptors (Lipinski definition) is 3. The lowest BCUT2D eigenvalue weighted by atomic mass is 10.1. The first-order chi connectivity index (χ1) is 9.20. The maximum Gasteiger partial charge on any atom is 0.251 e. The summed E-state index contributed by atoms with van der Waals surface area (Å²) in [4.78, 5) is 12.0. The van der Waals surface area contributed by atoms with Gasteiger partial charge in [-0.05, 0) is 59.9 Å². The molecular formula is C14H19BrN2O2. The van der Waals surface area contributed by atoms with Crippen LogP contribution in [0.15, 0.2) is 22.7 Å². The minimum Gasteiger partial charge on any atom is -0.496 e. The molecule has 0 bridgehead atoms. The second kappa shape index (κ2) is 6.91. The van der Waals surface area contributed by atoms with E-state index in [1.54, 1.807) is 25.3 Å². The molecule has 2 rings (SSSR count). The number of benzene rings is 1. The van der Waals surface area contributed by atoms with Crippen LogP contribution in [0.4, 0.5) is 0 Å². The van der Waals surface area contributed by atoms with Gasteiger partial charge in [0.25, 0.3) is 5.91 Å². The highest BCUT2D eigenvalue weighted by Crippen LogP contribution is 2.25. The summed E-state index contributed by atoms with van der Waals surface area (Å²) in [7, 11) is 1.61. The number of hydrogen-bond donors (Lipinski definition) is 2. The molecule has 1 saturated heterocycles. The summed E-state index contributed by atoms with van der Waals surface area (Å²) >= 11 is 3.38. The Bertz CT molecular complexity index is 445. The zero-order valence-electron chi connectivity index (χ0n) is 11.0. The maximum absolute atomic E-state index is 12.0. The van der Waals surface area contributed by atoms with E-state index in [1.165, 1.54) is 12.8 Å². The summed E-state index contributed by atoms with van der Waals surface area (Å²) in [6.07, 6.45) is 3.44. The van der Waals surface area contributed by atoms with E-state index in [0.29, 0.717) is 18.2 Å². The molecule has 0 radical (unpaired) electrons. The first-order valence-corrected chi connectivity index (χ1v) is 7.35. The predicted molar refractivity (Wildman–Crippen MR) is 78.7 cm³/mol. The fraction of sp³-hybridized carbons (Fsp3) is 0.500. The van der Waals surface area contributed by atoms with Crippen molar-refractivity contribution in [1.29, 1.82) is 0 Å². The van der Waals surface area contributed by atoms with Gasteiger partial charge in [-0.3, -0.25) is 4.79 Å². The largest absolute Gasteiger partial charge is 0.496 e. The average Bonchev–Trinajstić information content (AvgIpc) is 2.91. The number of rotatable bonds is 5. The van der Waals surface area contributed by atoms with E-state index in [4.69, 9.17) is 4.74 Å². The SMILES string of the molecule is COc1ccc(C(=O)NCC[C@@H]2CCCN2)cc1Br. The smallest absolute Gasteiger partial charge is 0.251 e. The van der Waals surface area contributed by atoms with Crippen molar-refractivity contribution in [1.82, 2.24) is 10.6 Å². The molecule has 0 aliphatic carbocycles. The Morgan fingerprint density at radius 3 is 3.05 bits per heavy atom. The van der Waals surface area contributed by atoms with Crippen LogP contribution in [0.2, 0.25) is 0 Å². The van der Waals surface area contributed by atoms with Gasteiger partial charge in [0.15, 0.2) is 0 Å². The number of ether oxygens (including phenoxy) is 1. The predicted octanol–water partition coefficient (Wildman–Crippen LogP) is 2.33. The summed E-state index contributed by atoms with van der Waals surface area (Å²) in [6, 6.07) is 5.90. The van der Waals surface area contributed by atoms with Crippen molar-refractivity contribution in [2.45, 2.75) is 25.3 Å². The van der Waals surface area contributed by atoms with Crippen molar-refractivity contribution in [3.63, 3.8) is 0 Å². The van der Waals surface area contributed by atoms with Gasteiger partial charge in [-0.1, -0.05) is 0 Å². The van der Waals surface area contributed by atoms with Gasteiger partial charge < -0.3 is 15.4 Å². The number of carbonyl (C=O) groups is 1. The number of methoxy groups -OCH3 is 1. The van der Waals surface area contributed by atoms with Gasteiger partial charge >= 0.3 is 0 Å². The molecule has 1 amide bonds. The van der Waals surface area contributed by atoms with Gasteiger partial charge in [-0.25, -0.2) is 0 Å². The van der Waals surface area contributed by atoms with Crippen LogP contribution < -0.4 is 15.4 Å². The van der Waals surface area contributed by atoms with Gasteiger partial charge in [0.1, 0.15) is 5.75 Å². The third-order valence-corrected chi connectivity index (χ3v) is 3.97. The van der Waals surface area contributed by atoms with E-state index in [2.05, 4.69) is 26.6 Å². The fourth-order valence-corrected chi connectivity index (χ4v) is 2.81. The molecule has 1 atom stereocenters. The molecule has 104 valence electrons. The van der Waals surface area contributed by atoms with Crippen LogP contribution in [0.25, 0.3) is 0 Å². The molecule has 4 nitrogen and oxygen atoms in total. The molecule has 1 heterocycles. The minimum absolute atomic E-state index is 0.0404. The van der Waals surface area contributed by atoms with Crippen LogP contribution in [0.5, 0.6) is 5.75 Å². The minimum atomic E-state index is -0.0404. The lowest BCUT2D eigenvalue weighted by molar-refractivity contribution is 0.0952. The molecule has 1 aromatic carbocycles. The van der Waals surface area contributed by atoms with Crippen LogP contribution >= 0.6 is 15.9 Å². The Morgan fingerprint density at radius 1 is 1.58 bits per heavy atom. The van der Waals surface area contributed by atoms with Gasteiger partial charge in [-0.2, -0.15) is 0 Å². The van der Waals surface area contributed by atoms with Crippen LogP contribution in [-0.2, 0) is 0 Å². The number of halogens is 1. The molecule has 0 saturated carbocycles. The highest BCUT2D eigenvalue weighted by molar-refractivity contribution is 9.10. The highest BCUT2D eigenvalue weighted by Gasteiger charge is 2.14. The Morgan fingerprint density at radius 2 is 2.42 bits per heavy atom. The van der Waals surface area contributed by atoms with Gasteiger partial charge in [0, 0.05) is 18.2 Å². The lowest BCUT2D eigenvalue weighted by Gasteiger charge is -2.11. The standard InChI is InChI=1S/C14H19BrN2O2/c1-19-13-5-4-10(9-12(13)15)14(18)17-8-6-11-3-2-7-16-11/h4-5,9,11,16H,2-3,6-8H2,1H3,(H,17,18)/t11-/m0/s1. The fourth-order valence-electron chi connectivity index (χ4n) is 2.27. The average molecular weight is 327 g/mol. The monoisotopic (exact) mass is 326 g/mol.